The fourth-order valence-electron chi connectivity index (χ4n) is 3.17. The molecule has 29 heavy (non-hydrogen) atoms. The summed E-state index contributed by atoms with van der Waals surface area (Å²) in [6, 6.07) is 3.60. The normalized spacial score (nSPS) is 17.3. The highest BCUT2D eigenvalue weighted by Gasteiger charge is 2.27. The molecule has 0 unspecified atom stereocenters. The molecule has 3 rings (SSSR count). The Kier molecular flexibility index (Phi) is 6.30. The number of anilines is 1. The average Bonchev–Trinajstić information content (AvgIpc) is 3.34. The van der Waals surface area contributed by atoms with Crippen molar-refractivity contribution in [2.75, 3.05) is 5.32 Å². The van der Waals surface area contributed by atoms with E-state index in [0.29, 0.717) is 5.69 Å². The largest absolute Gasteiger partial charge is 0.449 e. The highest BCUT2D eigenvalue weighted by Crippen LogP contribution is 2.31. The first kappa shape index (κ1) is 20.6. The zero-order chi connectivity index (χ0) is 21.0. The quantitative estimate of drug-likeness (QED) is 0.360. The van der Waals surface area contributed by atoms with Gasteiger partial charge in [-0.2, -0.15) is 0 Å². The van der Waals surface area contributed by atoms with Crippen LogP contribution in [0, 0.1) is 10.1 Å². The second-order valence-corrected chi connectivity index (χ2v) is 7.40. The van der Waals surface area contributed by atoms with Crippen LogP contribution < -0.4 is 16.0 Å². The number of ether oxygens (including phenoxy) is 1. The van der Waals surface area contributed by atoms with E-state index in [2.05, 4.69) is 16.0 Å². The standard InChI is InChI=1S/C19H24N4O6/c1-11(17(24)22-19(26)21-13-4-2-3-5-13)29-18(25)12-6-9-15(20-14-7-8-14)16(10-12)23(27)28/h6,9-11,13-14,20H,2-5,7-8H2,1H3,(H2,21,22,24,26)/t11-/m1/s1. The Hall–Kier alpha value is -3.17. The third kappa shape index (κ3) is 5.66. The maximum absolute atomic E-state index is 12.3. The molecule has 3 amide bonds. The number of imide groups is 1. The van der Waals surface area contributed by atoms with E-state index in [0.717, 1.165) is 44.6 Å². The lowest BCUT2D eigenvalue weighted by Crippen LogP contribution is -2.47. The van der Waals surface area contributed by atoms with Gasteiger partial charge in [0.05, 0.1) is 10.5 Å². The first-order valence-corrected chi connectivity index (χ1v) is 9.71. The van der Waals surface area contributed by atoms with Crippen molar-refractivity contribution in [2.45, 2.75) is 63.6 Å². The number of carbonyl (C=O) groups is 3. The van der Waals surface area contributed by atoms with Gasteiger partial charge in [0.2, 0.25) is 0 Å². The molecule has 0 bridgehead atoms. The van der Waals surface area contributed by atoms with Crippen LogP contribution in [0.2, 0.25) is 0 Å². The van der Waals surface area contributed by atoms with E-state index in [1.54, 1.807) is 0 Å². The van der Waals surface area contributed by atoms with Crippen molar-refractivity contribution < 1.29 is 24.0 Å². The van der Waals surface area contributed by atoms with E-state index in [4.69, 9.17) is 4.74 Å². The Bertz CT molecular complexity index is 817. The molecule has 0 aliphatic heterocycles. The number of rotatable bonds is 7. The molecule has 0 spiro atoms. The van der Waals surface area contributed by atoms with Crippen LogP contribution in [0.4, 0.5) is 16.2 Å². The van der Waals surface area contributed by atoms with Crippen molar-refractivity contribution in [1.82, 2.24) is 10.6 Å². The molecule has 10 nitrogen and oxygen atoms in total. The number of benzene rings is 1. The van der Waals surface area contributed by atoms with E-state index in [1.165, 1.54) is 19.1 Å². The lowest BCUT2D eigenvalue weighted by Gasteiger charge is -2.15. The number of nitrogens with zero attached hydrogens (tertiary/aromatic N) is 1. The van der Waals surface area contributed by atoms with E-state index in [-0.39, 0.29) is 23.3 Å². The van der Waals surface area contributed by atoms with Crippen LogP contribution in [-0.2, 0) is 9.53 Å². The van der Waals surface area contributed by atoms with Gasteiger partial charge < -0.3 is 15.4 Å². The number of nitrogens with one attached hydrogen (secondary N) is 3. The lowest BCUT2D eigenvalue weighted by atomic mass is 10.1. The van der Waals surface area contributed by atoms with Crippen LogP contribution in [0.25, 0.3) is 0 Å². The van der Waals surface area contributed by atoms with Gasteiger partial charge in [0.25, 0.3) is 11.6 Å². The number of nitro groups is 1. The summed E-state index contributed by atoms with van der Waals surface area (Å²) >= 11 is 0. The molecule has 3 N–H and O–H groups in total. The number of hydrogen-bond donors (Lipinski definition) is 3. The lowest BCUT2D eigenvalue weighted by molar-refractivity contribution is -0.384. The summed E-state index contributed by atoms with van der Waals surface area (Å²) in [5, 5.41) is 19.2. The van der Waals surface area contributed by atoms with Crippen molar-refractivity contribution >= 4 is 29.3 Å². The van der Waals surface area contributed by atoms with E-state index >= 15 is 0 Å². The van der Waals surface area contributed by atoms with E-state index < -0.39 is 28.9 Å². The molecule has 2 aliphatic rings. The maximum Gasteiger partial charge on any atom is 0.339 e. The summed E-state index contributed by atoms with van der Waals surface area (Å²) < 4.78 is 5.06. The second kappa shape index (κ2) is 8.89. The van der Waals surface area contributed by atoms with Crippen LogP contribution in [0.15, 0.2) is 18.2 Å². The molecule has 1 atom stereocenters. The number of hydrogen-bond acceptors (Lipinski definition) is 7. The summed E-state index contributed by atoms with van der Waals surface area (Å²) in [5.74, 6) is -1.65. The molecule has 2 aliphatic carbocycles. The third-order valence-electron chi connectivity index (χ3n) is 4.95. The minimum absolute atomic E-state index is 0.0453. The number of carbonyl (C=O) groups excluding carboxylic acids is 3. The summed E-state index contributed by atoms with van der Waals surface area (Å²) in [7, 11) is 0. The van der Waals surface area contributed by atoms with Crippen molar-refractivity contribution in [1.29, 1.82) is 0 Å². The topological polar surface area (TPSA) is 140 Å². The summed E-state index contributed by atoms with van der Waals surface area (Å²) in [4.78, 5) is 47.0. The van der Waals surface area contributed by atoms with Crippen LogP contribution in [0.5, 0.6) is 0 Å². The van der Waals surface area contributed by atoms with Gasteiger partial charge in [0.15, 0.2) is 6.10 Å². The Morgan fingerprint density at radius 1 is 1.14 bits per heavy atom. The Labute approximate surface area is 167 Å². The van der Waals surface area contributed by atoms with Crippen LogP contribution in [0.1, 0.15) is 55.8 Å². The van der Waals surface area contributed by atoms with Gasteiger partial charge >= 0.3 is 12.0 Å². The van der Waals surface area contributed by atoms with Gasteiger partial charge in [0.1, 0.15) is 5.69 Å². The first-order valence-electron chi connectivity index (χ1n) is 9.71. The predicted molar refractivity (Wildman–Crippen MR) is 104 cm³/mol. The molecule has 0 radical (unpaired) electrons. The molecular formula is C19H24N4O6. The number of urea groups is 1. The summed E-state index contributed by atoms with van der Waals surface area (Å²) in [5.41, 5.74) is 0.0518. The van der Waals surface area contributed by atoms with Crippen LogP contribution in [-0.4, -0.2) is 41.0 Å². The molecular weight excluding hydrogens is 380 g/mol. The number of esters is 1. The highest BCUT2D eigenvalue weighted by atomic mass is 16.6. The average molecular weight is 404 g/mol. The fraction of sp³-hybridized carbons (Fsp3) is 0.526. The second-order valence-electron chi connectivity index (χ2n) is 7.40. The van der Waals surface area contributed by atoms with Gasteiger partial charge in [-0.1, -0.05) is 12.8 Å². The molecule has 1 aromatic rings. The van der Waals surface area contributed by atoms with Crippen molar-refractivity contribution in [2.24, 2.45) is 0 Å². The Morgan fingerprint density at radius 3 is 2.45 bits per heavy atom. The van der Waals surface area contributed by atoms with Crippen LogP contribution >= 0.6 is 0 Å². The fourth-order valence-corrected chi connectivity index (χ4v) is 3.17. The van der Waals surface area contributed by atoms with Gasteiger partial charge in [0, 0.05) is 18.2 Å². The monoisotopic (exact) mass is 404 g/mol. The van der Waals surface area contributed by atoms with Gasteiger partial charge in [-0.25, -0.2) is 9.59 Å². The van der Waals surface area contributed by atoms with E-state index in [1.807, 2.05) is 0 Å². The molecule has 156 valence electrons. The molecule has 0 aromatic heterocycles. The third-order valence-corrected chi connectivity index (χ3v) is 4.95. The predicted octanol–water partition coefficient (Wildman–Crippen LogP) is 2.48. The minimum atomic E-state index is -1.24. The summed E-state index contributed by atoms with van der Waals surface area (Å²) in [6.45, 7) is 1.33. The summed E-state index contributed by atoms with van der Waals surface area (Å²) in [6.07, 6.45) is 4.47. The van der Waals surface area contributed by atoms with Gasteiger partial charge in [-0.15, -0.1) is 0 Å². The van der Waals surface area contributed by atoms with E-state index in [9.17, 15) is 24.5 Å². The molecule has 1 aromatic carbocycles. The molecule has 10 heteroatoms. The first-order chi connectivity index (χ1) is 13.8. The Morgan fingerprint density at radius 2 is 1.83 bits per heavy atom. The molecule has 2 fully saturated rings. The van der Waals surface area contributed by atoms with Gasteiger partial charge in [-0.05, 0) is 44.7 Å². The zero-order valence-corrected chi connectivity index (χ0v) is 16.1. The molecule has 2 saturated carbocycles. The van der Waals surface area contributed by atoms with Crippen LogP contribution in [0.3, 0.4) is 0 Å². The Balaban J connectivity index is 1.56. The SMILES string of the molecule is C[C@@H](OC(=O)c1ccc(NC2CC2)c([N+](=O)[O-])c1)C(=O)NC(=O)NC1CCCC1. The zero-order valence-electron chi connectivity index (χ0n) is 16.1. The number of nitro benzene ring substituents is 1. The van der Waals surface area contributed by atoms with Crippen molar-refractivity contribution in [3.63, 3.8) is 0 Å². The number of amides is 3. The van der Waals surface area contributed by atoms with Gasteiger partial charge in [-0.3, -0.25) is 20.2 Å². The highest BCUT2D eigenvalue weighted by molar-refractivity contribution is 5.99. The maximum atomic E-state index is 12.3. The minimum Gasteiger partial charge on any atom is -0.449 e. The van der Waals surface area contributed by atoms with Crippen molar-refractivity contribution in [3.05, 3.63) is 33.9 Å². The molecule has 0 heterocycles. The smallest absolute Gasteiger partial charge is 0.339 e. The van der Waals surface area contributed by atoms with Crippen molar-refractivity contribution in [3.8, 4) is 0 Å². The molecule has 0 saturated heterocycles.